The molecule has 2 rings (SSSR count). The smallest absolute Gasteiger partial charge is 0.187 e. The normalized spacial score (nSPS) is 11.0. The van der Waals surface area contributed by atoms with E-state index in [4.69, 9.17) is 0 Å². The molecule has 16 heavy (non-hydrogen) atoms. The monoisotopic (exact) mass is 234 g/mol. The number of hydrogen-bond acceptors (Lipinski definition) is 5. The number of rotatable bonds is 3. The molecule has 84 valence electrons. The van der Waals surface area contributed by atoms with Crippen molar-refractivity contribution in [2.24, 2.45) is 0 Å². The first kappa shape index (κ1) is 11.1. The average molecular weight is 234 g/mol. The molecule has 2 aromatic rings. The first-order valence-electron chi connectivity index (χ1n) is 5.13. The van der Waals surface area contributed by atoms with Gasteiger partial charge in [0.1, 0.15) is 5.52 Å². The summed E-state index contributed by atoms with van der Waals surface area (Å²) in [6.07, 6.45) is 5.57. The maximum absolute atomic E-state index is 4.47. The summed E-state index contributed by atoms with van der Waals surface area (Å²) in [5.41, 5.74) is 0.885. The Bertz CT molecular complexity index is 498. The van der Waals surface area contributed by atoms with Gasteiger partial charge in [-0.3, -0.25) is 0 Å². The van der Waals surface area contributed by atoms with E-state index in [0.29, 0.717) is 6.04 Å². The summed E-state index contributed by atoms with van der Waals surface area (Å²) in [4.78, 5) is 13.0. The van der Waals surface area contributed by atoms with Crippen molar-refractivity contribution in [3.63, 3.8) is 0 Å². The molecule has 0 aromatic carbocycles. The van der Waals surface area contributed by atoms with E-state index < -0.39 is 0 Å². The molecular weight excluding hydrogens is 220 g/mol. The molecule has 0 bridgehead atoms. The van der Waals surface area contributed by atoms with E-state index in [1.165, 1.54) is 11.8 Å². The van der Waals surface area contributed by atoms with Crippen LogP contribution in [0.3, 0.4) is 0 Å². The van der Waals surface area contributed by atoms with Crippen LogP contribution in [0, 0.1) is 0 Å². The fourth-order valence-corrected chi connectivity index (χ4v) is 1.76. The maximum Gasteiger partial charge on any atom is 0.187 e. The van der Waals surface area contributed by atoms with Gasteiger partial charge in [-0.15, -0.1) is 0 Å². The second-order valence-corrected chi connectivity index (χ2v) is 4.53. The molecule has 0 fully saturated rings. The van der Waals surface area contributed by atoms with E-state index in [-0.39, 0.29) is 0 Å². The Balaban J connectivity index is 2.55. The summed E-state index contributed by atoms with van der Waals surface area (Å²) in [5.74, 6) is 0.824. The number of nitrogens with zero attached hydrogens (tertiary/aromatic N) is 3. The highest BCUT2D eigenvalue weighted by Crippen LogP contribution is 2.21. The lowest BCUT2D eigenvalue weighted by Crippen LogP contribution is -2.11. The van der Waals surface area contributed by atoms with Crippen molar-refractivity contribution in [2.75, 3.05) is 11.6 Å². The summed E-state index contributed by atoms with van der Waals surface area (Å²) >= 11 is 1.53. The van der Waals surface area contributed by atoms with Crippen LogP contribution in [0.25, 0.3) is 10.9 Å². The quantitative estimate of drug-likeness (QED) is 0.653. The zero-order chi connectivity index (χ0) is 11.5. The molecule has 0 saturated heterocycles. The maximum atomic E-state index is 4.47. The van der Waals surface area contributed by atoms with E-state index in [0.717, 1.165) is 21.9 Å². The second kappa shape index (κ2) is 4.65. The zero-order valence-electron chi connectivity index (χ0n) is 9.56. The van der Waals surface area contributed by atoms with E-state index in [1.807, 2.05) is 18.5 Å². The van der Waals surface area contributed by atoms with Crippen LogP contribution in [0.4, 0.5) is 5.82 Å². The van der Waals surface area contributed by atoms with Crippen LogP contribution in [0.15, 0.2) is 23.6 Å². The molecule has 0 aliphatic rings. The van der Waals surface area contributed by atoms with E-state index >= 15 is 0 Å². The number of anilines is 1. The van der Waals surface area contributed by atoms with Crippen molar-refractivity contribution in [2.45, 2.75) is 25.0 Å². The minimum absolute atomic E-state index is 0.339. The van der Waals surface area contributed by atoms with Crippen molar-refractivity contribution >= 4 is 28.5 Å². The molecule has 0 atom stereocenters. The predicted molar refractivity (Wildman–Crippen MR) is 67.9 cm³/mol. The molecule has 5 heteroatoms. The molecule has 0 aliphatic carbocycles. The Morgan fingerprint density at radius 2 is 2.12 bits per heavy atom. The first-order valence-corrected chi connectivity index (χ1v) is 6.35. The number of aromatic nitrogens is 3. The number of thioether (sulfide) groups is 1. The molecule has 0 amide bonds. The lowest BCUT2D eigenvalue weighted by atomic mass is 10.3. The van der Waals surface area contributed by atoms with Crippen molar-refractivity contribution < 1.29 is 0 Å². The topological polar surface area (TPSA) is 50.7 Å². The highest BCUT2D eigenvalue weighted by Gasteiger charge is 2.06. The molecule has 0 saturated carbocycles. The average Bonchev–Trinajstić information content (AvgIpc) is 2.28. The van der Waals surface area contributed by atoms with E-state index in [2.05, 4.69) is 34.1 Å². The SMILES string of the molecule is CSc1ncc2ccnc(NC(C)C)c2n1. The van der Waals surface area contributed by atoms with Gasteiger partial charge in [0, 0.05) is 23.8 Å². The summed E-state index contributed by atoms with van der Waals surface area (Å²) in [6, 6.07) is 2.26. The van der Waals surface area contributed by atoms with Gasteiger partial charge in [-0.2, -0.15) is 0 Å². The third-order valence-electron chi connectivity index (χ3n) is 2.08. The molecule has 1 N–H and O–H groups in total. The van der Waals surface area contributed by atoms with Gasteiger partial charge < -0.3 is 5.32 Å². The third-order valence-corrected chi connectivity index (χ3v) is 2.65. The van der Waals surface area contributed by atoms with Crippen LogP contribution >= 0.6 is 11.8 Å². The number of pyridine rings is 1. The van der Waals surface area contributed by atoms with Gasteiger partial charge in [0.15, 0.2) is 11.0 Å². The Morgan fingerprint density at radius 3 is 2.81 bits per heavy atom. The minimum Gasteiger partial charge on any atom is -0.366 e. The molecule has 0 aliphatic heterocycles. The molecule has 0 unspecified atom stereocenters. The molecule has 0 spiro atoms. The van der Waals surface area contributed by atoms with Gasteiger partial charge in [-0.25, -0.2) is 15.0 Å². The highest BCUT2D eigenvalue weighted by molar-refractivity contribution is 7.98. The van der Waals surface area contributed by atoms with Crippen LogP contribution < -0.4 is 5.32 Å². The van der Waals surface area contributed by atoms with E-state index in [1.54, 1.807) is 6.20 Å². The minimum atomic E-state index is 0.339. The third kappa shape index (κ3) is 2.24. The van der Waals surface area contributed by atoms with Crippen LogP contribution in [0.2, 0.25) is 0 Å². The Labute approximate surface area is 98.9 Å². The van der Waals surface area contributed by atoms with Gasteiger partial charge in [-0.1, -0.05) is 11.8 Å². The molecule has 2 heterocycles. The standard InChI is InChI=1S/C11H14N4S/c1-7(2)14-10-9-8(4-5-12-10)6-13-11(15-9)16-3/h4-7H,1-3H3,(H,12,14). The van der Waals surface area contributed by atoms with E-state index in [9.17, 15) is 0 Å². The van der Waals surface area contributed by atoms with Crippen molar-refractivity contribution in [3.05, 3.63) is 18.5 Å². The van der Waals surface area contributed by atoms with Gasteiger partial charge in [0.2, 0.25) is 0 Å². The van der Waals surface area contributed by atoms with Crippen LogP contribution in [0.1, 0.15) is 13.8 Å². The summed E-state index contributed by atoms with van der Waals surface area (Å²) < 4.78 is 0. The Kier molecular flexibility index (Phi) is 3.24. The number of hydrogen-bond donors (Lipinski definition) is 1. The lowest BCUT2D eigenvalue weighted by Gasteiger charge is -2.10. The van der Waals surface area contributed by atoms with Gasteiger partial charge in [-0.05, 0) is 26.2 Å². The van der Waals surface area contributed by atoms with Crippen LogP contribution in [-0.4, -0.2) is 27.2 Å². The Morgan fingerprint density at radius 1 is 1.31 bits per heavy atom. The van der Waals surface area contributed by atoms with Crippen LogP contribution in [0.5, 0.6) is 0 Å². The predicted octanol–water partition coefficient (Wildman–Crippen LogP) is 2.57. The van der Waals surface area contributed by atoms with Crippen molar-refractivity contribution in [1.82, 2.24) is 15.0 Å². The van der Waals surface area contributed by atoms with Gasteiger partial charge >= 0.3 is 0 Å². The van der Waals surface area contributed by atoms with Gasteiger partial charge in [0.05, 0.1) is 0 Å². The summed E-state index contributed by atoms with van der Waals surface area (Å²) in [7, 11) is 0. The lowest BCUT2D eigenvalue weighted by molar-refractivity contribution is 0.888. The highest BCUT2D eigenvalue weighted by atomic mass is 32.2. The Hall–Kier alpha value is -1.36. The fraction of sp³-hybridized carbons (Fsp3) is 0.364. The summed E-state index contributed by atoms with van der Waals surface area (Å²) in [5, 5.41) is 5.07. The largest absolute Gasteiger partial charge is 0.366 e. The number of fused-ring (bicyclic) bond motifs is 1. The summed E-state index contributed by atoms with van der Waals surface area (Å²) in [6.45, 7) is 4.16. The number of nitrogens with one attached hydrogen (secondary N) is 1. The fourth-order valence-electron chi connectivity index (χ4n) is 1.42. The molecular formula is C11H14N4S. The van der Waals surface area contributed by atoms with Crippen LogP contribution in [-0.2, 0) is 0 Å². The van der Waals surface area contributed by atoms with Crippen molar-refractivity contribution in [3.8, 4) is 0 Å². The molecule has 0 radical (unpaired) electrons. The first-order chi connectivity index (χ1) is 7.70. The van der Waals surface area contributed by atoms with Gasteiger partial charge in [0.25, 0.3) is 0 Å². The molecule has 2 aromatic heterocycles. The second-order valence-electron chi connectivity index (χ2n) is 3.75. The van der Waals surface area contributed by atoms with Crippen molar-refractivity contribution in [1.29, 1.82) is 0 Å². The zero-order valence-corrected chi connectivity index (χ0v) is 10.4. The molecule has 4 nitrogen and oxygen atoms in total.